The van der Waals surface area contributed by atoms with Crippen LogP contribution in [0.2, 0.25) is 0 Å². The molecule has 1 atom stereocenters. The fraction of sp³-hybridized carbons (Fsp3) is 0.500. The first-order valence-corrected chi connectivity index (χ1v) is 5.10. The van der Waals surface area contributed by atoms with Crippen molar-refractivity contribution in [2.75, 3.05) is 6.54 Å². The maximum atomic E-state index is 11.4. The molecule has 1 N–H and O–H groups in total. The van der Waals surface area contributed by atoms with E-state index >= 15 is 0 Å². The first-order valence-electron chi connectivity index (χ1n) is 4.67. The van der Waals surface area contributed by atoms with Crippen LogP contribution in [0.4, 0.5) is 0 Å². The molecular weight excluding hydrogens is 202 g/mol. The van der Waals surface area contributed by atoms with Crippen LogP contribution >= 0.6 is 11.6 Å². The second kappa shape index (κ2) is 5.05. The van der Waals surface area contributed by atoms with Crippen molar-refractivity contribution in [3.8, 4) is 0 Å². The highest BCUT2D eigenvalue weighted by molar-refractivity contribution is 6.20. The monoisotopic (exact) mass is 215 g/mol. The van der Waals surface area contributed by atoms with Crippen LogP contribution in [0.25, 0.3) is 0 Å². The van der Waals surface area contributed by atoms with Gasteiger partial charge in [0.2, 0.25) is 0 Å². The van der Waals surface area contributed by atoms with Crippen LogP contribution in [-0.4, -0.2) is 12.5 Å². The van der Waals surface area contributed by atoms with Gasteiger partial charge in [-0.25, -0.2) is 0 Å². The maximum Gasteiger partial charge on any atom is 0.286 e. The summed E-state index contributed by atoms with van der Waals surface area (Å²) in [7, 11) is 0. The summed E-state index contributed by atoms with van der Waals surface area (Å²) in [5.41, 5.74) is 0. The van der Waals surface area contributed by atoms with Gasteiger partial charge in [-0.1, -0.05) is 6.92 Å². The van der Waals surface area contributed by atoms with Crippen LogP contribution in [0.5, 0.6) is 0 Å². The van der Waals surface area contributed by atoms with Gasteiger partial charge >= 0.3 is 0 Å². The topological polar surface area (TPSA) is 42.2 Å². The minimum Gasteiger partial charge on any atom is -0.454 e. The minimum atomic E-state index is -0.206. The smallest absolute Gasteiger partial charge is 0.286 e. The molecule has 0 aliphatic carbocycles. The fourth-order valence-corrected chi connectivity index (χ4v) is 1.13. The van der Waals surface area contributed by atoms with E-state index in [1.807, 2.05) is 6.92 Å². The Morgan fingerprint density at radius 3 is 2.86 bits per heavy atom. The lowest BCUT2D eigenvalue weighted by atomic mass is 10.3. The summed E-state index contributed by atoms with van der Waals surface area (Å²) >= 11 is 5.80. The fourth-order valence-electron chi connectivity index (χ4n) is 1.01. The van der Waals surface area contributed by atoms with Crippen molar-refractivity contribution >= 4 is 17.5 Å². The van der Waals surface area contributed by atoms with Crippen molar-refractivity contribution in [3.05, 3.63) is 23.7 Å². The number of amides is 1. The van der Waals surface area contributed by atoms with E-state index in [1.165, 1.54) is 0 Å². The van der Waals surface area contributed by atoms with Crippen LogP contribution in [0.1, 0.15) is 42.0 Å². The molecule has 1 rings (SSSR count). The van der Waals surface area contributed by atoms with Gasteiger partial charge in [0.15, 0.2) is 5.76 Å². The van der Waals surface area contributed by atoms with E-state index in [0.717, 1.165) is 6.42 Å². The van der Waals surface area contributed by atoms with Gasteiger partial charge in [-0.15, -0.1) is 11.6 Å². The molecule has 0 radical (unpaired) electrons. The van der Waals surface area contributed by atoms with Gasteiger partial charge in [0.05, 0.1) is 5.38 Å². The molecule has 0 aromatic carbocycles. The molecule has 0 aliphatic rings. The number of carbonyl (C=O) groups is 1. The molecule has 1 unspecified atom stereocenters. The summed E-state index contributed by atoms with van der Waals surface area (Å²) in [6, 6.07) is 3.36. The zero-order chi connectivity index (χ0) is 10.6. The number of furan rings is 1. The highest BCUT2D eigenvalue weighted by Crippen LogP contribution is 2.21. The van der Waals surface area contributed by atoms with Gasteiger partial charge in [-0.2, -0.15) is 0 Å². The minimum absolute atomic E-state index is 0.185. The molecule has 0 fully saturated rings. The standard InChI is InChI=1S/C10H14ClNO2/c1-3-6-12-10(13)9-5-4-8(14-9)7(2)11/h4-5,7H,3,6H2,1-2H3,(H,12,13). The molecule has 1 aromatic heterocycles. The Bertz CT molecular complexity index is 307. The highest BCUT2D eigenvalue weighted by atomic mass is 35.5. The Labute approximate surface area is 88.4 Å². The summed E-state index contributed by atoms with van der Waals surface area (Å²) in [5.74, 6) is 0.754. The van der Waals surface area contributed by atoms with E-state index in [1.54, 1.807) is 19.1 Å². The zero-order valence-electron chi connectivity index (χ0n) is 8.34. The van der Waals surface area contributed by atoms with E-state index in [4.69, 9.17) is 16.0 Å². The van der Waals surface area contributed by atoms with Crippen LogP contribution in [0.15, 0.2) is 16.5 Å². The Kier molecular flexibility index (Phi) is 4.01. The van der Waals surface area contributed by atoms with Crippen molar-refractivity contribution in [2.45, 2.75) is 25.6 Å². The summed E-state index contributed by atoms with van der Waals surface area (Å²) in [6.45, 7) is 4.45. The number of carbonyl (C=O) groups excluding carboxylic acids is 1. The molecule has 0 saturated carbocycles. The van der Waals surface area contributed by atoms with Crippen LogP contribution in [0.3, 0.4) is 0 Å². The number of hydrogen-bond donors (Lipinski definition) is 1. The molecule has 14 heavy (non-hydrogen) atoms. The Balaban J connectivity index is 2.62. The molecular formula is C10H14ClNO2. The SMILES string of the molecule is CCCNC(=O)c1ccc(C(C)Cl)o1. The first kappa shape index (κ1) is 11.1. The Hall–Kier alpha value is -0.960. The molecule has 0 aliphatic heterocycles. The lowest BCUT2D eigenvalue weighted by molar-refractivity contribution is 0.0924. The van der Waals surface area contributed by atoms with E-state index in [-0.39, 0.29) is 11.3 Å². The Morgan fingerprint density at radius 2 is 2.36 bits per heavy atom. The molecule has 1 amide bonds. The third-order valence-corrected chi connectivity index (χ3v) is 1.99. The van der Waals surface area contributed by atoms with E-state index < -0.39 is 0 Å². The predicted octanol–water partition coefficient (Wildman–Crippen LogP) is 2.72. The van der Waals surface area contributed by atoms with Crippen molar-refractivity contribution in [1.29, 1.82) is 0 Å². The van der Waals surface area contributed by atoms with E-state index in [2.05, 4.69) is 5.32 Å². The normalized spacial score (nSPS) is 12.5. The van der Waals surface area contributed by atoms with Crippen molar-refractivity contribution in [1.82, 2.24) is 5.32 Å². The van der Waals surface area contributed by atoms with Gasteiger partial charge in [-0.05, 0) is 25.5 Å². The van der Waals surface area contributed by atoms with Gasteiger partial charge in [0, 0.05) is 6.54 Å². The van der Waals surface area contributed by atoms with Gasteiger partial charge in [0.25, 0.3) is 5.91 Å². The molecule has 78 valence electrons. The number of rotatable bonds is 4. The van der Waals surface area contributed by atoms with Gasteiger partial charge < -0.3 is 9.73 Å². The zero-order valence-corrected chi connectivity index (χ0v) is 9.10. The third-order valence-electron chi connectivity index (χ3n) is 1.78. The quantitative estimate of drug-likeness (QED) is 0.785. The second-order valence-corrected chi connectivity index (χ2v) is 3.73. The number of alkyl halides is 1. The highest BCUT2D eigenvalue weighted by Gasteiger charge is 2.12. The van der Waals surface area contributed by atoms with E-state index in [0.29, 0.717) is 18.1 Å². The maximum absolute atomic E-state index is 11.4. The summed E-state index contributed by atoms with van der Waals surface area (Å²) < 4.78 is 5.26. The molecule has 0 saturated heterocycles. The Morgan fingerprint density at radius 1 is 1.64 bits per heavy atom. The molecule has 4 heteroatoms. The molecule has 0 spiro atoms. The lowest BCUT2D eigenvalue weighted by Crippen LogP contribution is -2.23. The number of halogens is 1. The number of hydrogen-bond acceptors (Lipinski definition) is 2. The third kappa shape index (κ3) is 2.77. The number of nitrogens with one attached hydrogen (secondary N) is 1. The summed E-state index contributed by atoms with van der Waals surface area (Å²) in [6.07, 6.45) is 0.908. The van der Waals surface area contributed by atoms with Crippen molar-refractivity contribution in [2.24, 2.45) is 0 Å². The molecule has 3 nitrogen and oxygen atoms in total. The van der Waals surface area contributed by atoms with Crippen LogP contribution in [-0.2, 0) is 0 Å². The van der Waals surface area contributed by atoms with Gasteiger partial charge in [-0.3, -0.25) is 4.79 Å². The molecule has 1 heterocycles. The van der Waals surface area contributed by atoms with E-state index in [9.17, 15) is 4.79 Å². The average Bonchev–Trinajstić information content (AvgIpc) is 2.62. The van der Waals surface area contributed by atoms with Crippen molar-refractivity contribution < 1.29 is 9.21 Å². The first-order chi connectivity index (χ1) is 6.65. The average molecular weight is 216 g/mol. The second-order valence-electron chi connectivity index (χ2n) is 3.07. The van der Waals surface area contributed by atoms with Crippen molar-refractivity contribution in [3.63, 3.8) is 0 Å². The largest absolute Gasteiger partial charge is 0.454 e. The lowest BCUT2D eigenvalue weighted by Gasteiger charge is -2.00. The van der Waals surface area contributed by atoms with Crippen LogP contribution < -0.4 is 5.32 Å². The molecule has 0 bridgehead atoms. The summed E-state index contributed by atoms with van der Waals surface area (Å²) in [5, 5.41) is 2.52. The van der Waals surface area contributed by atoms with Crippen LogP contribution in [0, 0.1) is 0 Å². The molecule has 1 aromatic rings. The summed E-state index contributed by atoms with van der Waals surface area (Å²) in [4.78, 5) is 11.4. The van der Waals surface area contributed by atoms with Gasteiger partial charge in [0.1, 0.15) is 5.76 Å². The predicted molar refractivity (Wildman–Crippen MR) is 55.6 cm³/mol.